The van der Waals surface area contributed by atoms with E-state index in [-0.39, 0.29) is 28.6 Å². The van der Waals surface area contributed by atoms with Gasteiger partial charge in [0.15, 0.2) is 8.32 Å². The zero-order valence-corrected chi connectivity index (χ0v) is 18.0. The van der Waals surface area contributed by atoms with Crippen LogP contribution in [0, 0.1) is 12.8 Å². The molecule has 0 heterocycles. The minimum atomic E-state index is -3.76. The number of aryl methyl sites for hydroxylation is 1. The van der Waals surface area contributed by atoms with Crippen molar-refractivity contribution < 1.29 is 17.0 Å². The highest BCUT2D eigenvalue weighted by Gasteiger charge is 2.40. The van der Waals surface area contributed by atoms with Crippen LogP contribution in [0.4, 0.5) is 0 Å². The van der Waals surface area contributed by atoms with Gasteiger partial charge in [0, 0.05) is 0 Å². The fraction of sp³-hybridized carbons (Fsp3) is 0.667. The van der Waals surface area contributed by atoms with Crippen molar-refractivity contribution in [1.82, 2.24) is 0 Å². The third-order valence-electron chi connectivity index (χ3n) is 4.69. The Bertz CT molecular complexity index is 628. The molecule has 1 aromatic carbocycles. The minimum Gasteiger partial charge on any atom is -0.411 e. The molecule has 0 amide bonds. The molecule has 0 aliphatic carbocycles. The van der Waals surface area contributed by atoms with Crippen LogP contribution in [0.3, 0.4) is 0 Å². The first-order chi connectivity index (χ1) is 10.8. The van der Waals surface area contributed by atoms with Crippen molar-refractivity contribution in [3.05, 3.63) is 29.8 Å². The van der Waals surface area contributed by atoms with Crippen LogP contribution in [0.5, 0.6) is 0 Å². The summed E-state index contributed by atoms with van der Waals surface area (Å²) in [5.41, 5.74) is 1.01. The fourth-order valence-electron chi connectivity index (χ4n) is 1.85. The Balaban J connectivity index is 2.85. The number of hydrogen-bond acceptors (Lipinski definition) is 4. The van der Waals surface area contributed by atoms with Gasteiger partial charge in [0.25, 0.3) is 10.1 Å². The third-order valence-corrected chi connectivity index (χ3v) is 10.5. The second-order valence-electron chi connectivity index (χ2n) is 8.21. The summed E-state index contributed by atoms with van der Waals surface area (Å²) in [6, 6.07) is 6.68. The molecule has 1 rings (SSSR count). The van der Waals surface area contributed by atoms with E-state index in [2.05, 4.69) is 33.9 Å². The second-order valence-corrected chi connectivity index (χ2v) is 14.6. The summed E-state index contributed by atoms with van der Waals surface area (Å²) in [4.78, 5) is 0.183. The van der Waals surface area contributed by atoms with E-state index in [1.54, 1.807) is 24.3 Å². The fourth-order valence-corrected chi connectivity index (χ4v) is 4.22. The van der Waals surface area contributed by atoms with Gasteiger partial charge in [-0.25, -0.2) is 0 Å². The zero-order chi connectivity index (χ0) is 18.8. The van der Waals surface area contributed by atoms with E-state index in [9.17, 15) is 8.42 Å². The molecule has 0 N–H and O–H groups in total. The van der Waals surface area contributed by atoms with Gasteiger partial charge in [-0.15, -0.1) is 0 Å². The Morgan fingerprint density at radius 3 is 2.00 bits per heavy atom. The topological polar surface area (TPSA) is 52.6 Å². The molecule has 0 saturated carbocycles. The Kier molecular flexibility index (Phi) is 6.83. The highest BCUT2D eigenvalue weighted by molar-refractivity contribution is 7.86. The maximum Gasteiger partial charge on any atom is 0.297 e. The summed E-state index contributed by atoms with van der Waals surface area (Å²) in [7, 11) is -5.75. The summed E-state index contributed by atoms with van der Waals surface area (Å²) >= 11 is 0. The average Bonchev–Trinajstić information content (AvgIpc) is 2.42. The Hall–Kier alpha value is -0.693. The lowest BCUT2D eigenvalue weighted by Crippen LogP contribution is -2.46. The van der Waals surface area contributed by atoms with Crippen LogP contribution in [0.2, 0.25) is 18.1 Å². The first-order valence-corrected chi connectivity index (χ1v) is 12.7. The number of hydrogen-bond donors (Lipinski definition) is 0. The predicted molar refractivity (Wildman–Crippen MR) is 101 cm³/mol. The molecule has 4 nitrogen and oxygen atoms in total. The van der Waals surface area contributed by atoms with Gasteiger partial charge >= 0.3 is 0 Å². The van der Waals surface area contributed by atoms with Gasteiger partial charge in [0.05, 0.1) is 17.6 Å². The highest BCUT2D eigenvalue weighted by Crippen LogP contribution is 2.38. The van der Waals surface area contributed by atoms with E-state index in [4.69, 9.17) is 8.61 Å². The van der Waals surface area contributed by atoms with E-state index in [0.717, 1.165) is 5.56 Å². The van der Waals surface area contributed by atoms with E-state index >= 15 is 0 Å². The molecule has 1 atom stereocenters. The molecule has 0 fully saturated rings. The van der Waals surface area contributed by atoms with Crippen molar-refractivity contribution >= 4 is 18.4 Å². The first kappa shape index (κ1) is 21.3. The van der Waals surface area contributed by atoms with Crippen molar-refractivity contribution in [2.24, 2.45) is 5.92 Å². The molecule has 1 unspecified atom stereocenters. The normalized spacial score (nSPS) is 14.9. The maximum absolute atomic E-state index is 12.4. The van der Waals surface area contributed by atoms with Crippen LogP contribution < -0.4 is 0 Å². The lowest BCUT2D eigenvalue weighted by atomic mass is 10.1. The van der Waals surface area contributed by atoms with Gasteiger partial charge in [0.1, 0.15) is 0 Å². The Labute approximate surface area is 148 Å². The largest absolute Gasteiger partial charge is 0.411 e. The van der Waals surface area contributed by atoms with Crippen LogP contribution in [0.25, 0.3) is 0 Å². The summed E-state index contributed by atoms with van der Waals surface area (Å²) in [5, 5.41) is 0.0654. The zero-order valence-electron chi connectivity index (χ0n) is 16.2. The number of benzene rings is 1. The highest BCUT2D eigenvalue weighted by atomic mass is 32.2. The molecule has 24 heavy (non-hydrogen) atoms. The van der Waals surface area contributed by atoms with Crippen molar-refractivity contribution in [2.75, 3.05) is 6.61 Å². The average molecular weight is 373 g/mol. The smallest absolute Gasteiger partial charge is 0.297 e. The predicted octanol–water partition coefficient (Wildman–Crippen LogP) is 4.75. The number of rotatable bonds is 7. The quantitative estimate of drug-likeness (QED) is 0.512. The summed E-state index contributed by atoms with van der Waals surface area (Å²) in [6.07, 6.45) is -0.244. The van der Waals surface area contributed by atoms with Crippen LogP contribution in [-0.4, -0.2) is 29.4 Å². The third kappa shape index (κ3) is 5.69. The molecule has 6 heteroatoms. The van der Waals surface area contributed by atoms with Crippen LogP contribution in [-0.2, 0) is 18.7 Å². The van der Waals surface area contributed by atoms with Crippen LogP contribution >= 0.6 is 0 Å². The van der Waals surface area contributed by atoms with Crippen molar-refractivity contribution in [1.29, 1.82) is 0 Å². The molecule has 1 aromatic rings. The van der Waals surface area contributed by atoms with Crippen molar-refractivity contribution in [3.63, 3.8) is 0 Å². The van der Waals surface area contributed by atoms with Gasteiger partial charge in [-0.3, -0.25) is 4.18 Å². The lowest BCUT2D eigenvalue weighted by Gasteiger charge is -2.40. The first-order valence-electron chi connectivity index (χ1n) is 8.40. The molecule has 0 aliphatic rings. The summed E-state index contributed by atoms with van der Waals surface area (Å²) < 4.78 is 36.4. The van der Waals surface area contributed by atoms with Gasteiger partial charge < -0.3 is 4.43 Å². The maximum atomic E-state index is 12.4. The van der Waals surface area contributed by atoms with E-state index in [1.807, 2.05) is 20.8 Å². The molecular weight excluding hydrogens is 340 g/mol. The molecule has 0 aromatic heterocycles. The summed E-state index contributed by atoms with van der Waals surface area (Å²) in [5.74, 6) is 0.173. The van der Waals surface area contributed by atoms with Crippen molar-refractivity contribution in [3.8, 4) is 0 Å². The van der Waals surface area contributed by atoms with Crippen molar-refractivity contribution in [2.45, 2.75) is 70.7 Å². The van der Waals surface area contributed by atoms with E-state index < -0.39 is 18.4 Å². The molecule has 0 aliphatic heterocycles. The Morgan fingerprint density at radius 2 is 1.58 bits per heavy atom. The summed E-state index contributed by atoms with van der Waals surface area (Å²) in [6.45, 7) is 16.8. The molecule has 0 radical (unpaired) electrons. The van der Waals surface area contributed by atoms with Crippen LogP contribution in [0.15, 0.2) is 29.2 Å². The van der Waals surface area contributed by atoms with E-state index in [1.165, 1.54) is 0 Å². The molecule has 0 spiro atoms. The standard InChI is InChI=1S/C18H32O4SSi/c1-14(2)17(22-24(7,8)18(4,5)6)13-21-23(19,20)16-11-9-15(3)10-12-16/h9-12,14,17H,13H2,1-8H3. The van der Waals surface area contributed by atoms with Gasteiger partial charge in [-0.05, 0) is 43.1 Å². The molecule has 0 saturated heterocycles. The van der Waals surface area contributed by atoms with Gasteiger partial charge in [-0.2, -0.15) is 8.42 Å². The van der Waals surface area contributed by atoms with Crippen LogP contribution in [0.1, 0.15) is 40.2 Å². The second kappa shape index (κ2) is 7.68. The SMILES string of the molecule is Cc1ccc(S(=O)(=O)OCC(O[Si](C)(C)C(C)(C)C)C(C)C)cc1. The van der Waals surface area contributed by atoms with Gasteiger partial charge in [-0.1, -0.05) is 52.3 Å². The minimum absolute atomic E-state index is 0.0421. The van der Waals surface area contributed by atoms with E-state index in [0.29, 0.717) is 0 Å². The molecule has 138 valence electrons. The monoisotopic (exact) mass is 372 g/mol. The molecular formula is C18H32O4SSi. The molecule has 0 bridgehead atoms. The lowest BCUT2D eigenvalue weighted by molar-refractivity contribution is 0.0813. The Morgan fingerprint density at radius 1 is 1.08 bits per heavy atom. The van der Waals surface area contributed by atoms with Gasteiger partial charge in [0.2, 0.25) is 0 Å².